The number of benzene rings is 2. The van der Waals surface area contributed by atoms with Crippen LogP contribution in [0.15, 0.2) is 53.3 Å². The van der Waals surface area contributed by atoms with E-state index in [4.69, 9.17) is 10.2 Å². The summed E-state index contributed by atoms with van der Waals surface area (Å²) in [6.07, 6.45) is 1.46. The van der Waals surface area contributed by atoms with E-state index in [9.17, 15) is 0 Å². The van der Waals surface area contributed by atoms with E-state index in [1.807, 2.05) is 49.5 Å². The average molecular weight is 239 g/mol. The van der Waals surface area contributed by atoms with Crippen LogP contribution in [0.1, 0.15) is 0 Å². The highest BCUT2D eigenvalue weighted by Crippen LogP contribution is 2.27. The Morgan fingerprint density at radius 3 is 2.56 bits per heavy atom. The van der Waals surface area contributed by atoms with Gasteiger partial charge in [0.1, 0.15) is 5.52 Å². The predicted octanol–water partition coefficient (Wildman–Crippen LogP) is 3.18. The van der Waals surface area contributed by atoms with Crippen LogP contribution < -0.4 is 10.6 Å². The number of fused-ring (bicyclic) bond motifs is 1. The maximum absolute atomic E-state index is 5.68. The van der Waals surface area contributed by atoms with Crippen LogP contribution in [-0.2, 0) is 0 Å². The van der Waals surface area contributed by atoms with Gasteiger partial charge in [0.25, 0.3) is 0 Å². The second-order valence-corrected chi connectivity index (χ2v) is 4.15. The van der Waals surface area contributed by atoms with Gasteiger partial charge < -0.3 is 15.1 Å². The van der Waals surface area contributed by atoms with E-state index in [1.165, 1.54) is 6.39 Å². The molecule has 1 heterocycles. The first-order valence-electron chi connectivity index (χ1n) is 5.66. The lowest BCUT2D eigenvalue weighted by Crippen LogP contribution is -2.09. The maximum Gasteiger partial charge on any atom is 0.181 e. The molecule has 3 aromatic rings. The minimum atomic E-state index is 0.762. The number of rotatable bonds is 2. The topological polar surface area (TPSA) is 55.3 Å². The molecule has 0 spiro atoms. The number of nitrogens with zero attached hydrogens (tertiary/aromatic N) is 2. The average Bonchev–Trinajstić information content (AvgIpc) is 2.86. The fourth-order valence-corrected chi connectivity index (χ4v) is 1.90. The third kappa shape index (κ3) is 1.78. The zero-order chi connectivity index (χ0) is 12.5. The fraction of sp³-hybridized carbons (Fsp3) is 0.0714. The zero-order valence-electron chi connectivity index (χ0n) is 10.00. The van der Waals surface area contributed by atoms with Crippen molar-refractivity contribution in [3.8, 4) is 0 Å². The summed E-state index contributed by atoms with van der Waals surface area (Å²) in [5.41, 5.74) is 10.2. The van der Waals surface area contributed by atoms with E-state index in [0.29, 0.717) is 0 Å². The number of aromatic nitrogens is 1. The molecule has 90 valence electrons. The second kappa shape index (κ2) is 4.07. The Bertz CT molecular complexity index is 673. The minimum Gasteiger partial charge on any atom is -0.443 e. The molecule has 0 fully saturated rings. The third-order valence-electron chi connectivity index (χ3n) is 2.98. The summed E-state index contributed by atoms with van der Waals surface area (Å²) in [7, 11) is 2.00. The van der Waals surface area contributed by atoms with Gasteiger partial charge in [-0.25, -0.2) is 4.98 Å². The van der Waals surface area contributed by atoms with Crippen molar-refractivity contribution in [2.75, 3.05) is 17.7 Å². The molecule has 4 nitrogen and oxygen atoms in total. The fourth-order valence-electron chi connectivity index (χ4n) is 1.90. The number of hydrogen-bond acceptors (Lipinski definition) is 4. The van der Waals surface area contributed by atoms with Gasteiger partial charge in [0, 0.05) is 30.2 Å². The first-order valence-corrected chi connectivity index (χ1v) is 5.66. The Kier molecular flexibility index (Phi) is 2.41. The van der Waals surface area contributed by atoms with Crippen molar-refractivity contribution in [3.05, 3.63) is 48.9 Å². The first-order chi connectivity index (χ1) is 8.74. The van der Waals surface area contributed by atoms with Gasteiger partial charge in [0.05, 0.1) is 0 Å². The van der Waals surface area contributed by atoms with Crippen LogP contribution in [-0.4, -0.2) is 12.0 Å². The van der Waals surface area contributed by atoms with E-state index < -0.39 is 0 Å². The molecule has 4 heteroatoms. The van der Waals surface area contributed by atoms with E-state index in [-0.39, 0.29) is 0 Å². The van der Waals surface area contributed by atoms with Crippen LogP contribution in [0.25, 0.3) is 11.1 Å². The van der Waals surface area contributed by atoms with Crippen molar-refractivity contribution in [1.29, 1.82) is 0 Å². The number of hydrogen-bond donors (Lipinski definition) is 1. The van der Waals surface area contributed by atoms with Crippen LogP contribution in [0.5, 0.6) is 0 Å². The maximum atomic E-state index is 5.68. The van der Waals surface area contributed by atoms with Crippen LogP contribution in [0, 0.1) is 0 Å². The summed E-state index contributed by atoms with van der Waals surface area (Å²) in [5.74, 6) is 0. The van der Waals surface area contributed by atoms with Gasteiger partial charge in [0.15, 0.2) is 12.0 Å². The van der Waals surface area contributed by atoms with Crippen molar-refractivity contribution >= 4 is 28.2 Å². The molecule has 0 radical (unpaired) electrons. The van der Waals surface area contributed by atoms with Gasteiger partial charge in [-0.05, 0) is 36.4 Å². The lowest BCUT2D eigenvalue weighted by molar-refractivity contribution is 0.602. The van der Waals surface area contributed by atoms with Crippen molar-refractivity contribution in [1.82, 2.24) is 4.98 Å². The summed E-state index contributed by atoms with van der Waals surface area (Å²) in [6.45, 7) is 0. The summed E-state index contributed by atoms with van der Waals surface area (Å²) in [5, 5.41) is 0. The third-order valence-corrected chi connectivity index (χ3v) is 2.98. The van der Waals surface area contributed by atoms with Gasteiger partial charge in [0.2, 0.25) is 0 Å². The van der Waals surface area contributed by atoms with E-state index in [1.54, 1.807) is 0 Å². The SMILES string of the molecule is CN(c1ccc(N)cc1)c1ccc2ncoc2c1. The van der Waals surface area contributed by atoms with Crippen LogP contribution >= 0.6 is 0 Å². The van der Waals surface area contributed by atoms with E-state index in [0.717, 1.165) is 28.2 Å². The Balaban J connectivity index is 2.00. The Hall–Kier alpha value is -2.49. The Morgan fingerprint density at radius 2 is 1.78 bits per heavy atom. The standard InChI is InChI=1S/C14H13N3O/c1-17(11-4-2-10(15)3-5-11)12-6-7-13-14(8-12)18-9-16-13/h2-9H,15H2,1H3. The summed E-state index contributed by atoms with van der Waals surface area (Å²) < 4.78 is 5.31. The number of oxazole rings is 1. The highest BCUT2D eigenvalue weighted by molar-refractivity contribution is 5.79. The molecule has 1 aromatic heterocycles. The largest absolute Gasteiger partial charge is 0.443 e. The molecule has 0 amide bonds. The molecule has 0 aliphatic rings. The molecule has 0 atom stereocenters. The molecule has 0 saturated heterocycles. The highest BCUT2D eigenvalue weighted by Gasteiger charge is 2.06. The van der Waals surface area contributed by atoms with Gasteiger partial charge in [-0.15, -0.1) is 0 Å². The summed E-state index contributed by atoms with van der Waals surface area (Å²) in [4.78, 5) is 6.17. The Labute approximate surface area is 105 Å². The molecule has 0 aliphatic heterocycles. The number of nitrogens with two attached hydrogens (primary N) is 1. The number of nitrogen functional groups attached to an aromatic ring is 1. The van der Waals surface area contributed by atoms with Crippen molar-refractivity contribution in [3.63, 3.8) is 0 Å². The van der Waals surface area contributed by atoms with Gasteiger partial charge in [-0.2, -0.15) is 0 Å². The zero-order valence-corrected chi connectivity index (χ0v) is 10.00. The van der Waals surface area contributed by atoms with Crippen molar-refractivity contribution in [2.24, 2.45) is 0 Å². The summed E-state index contributed by atoms with van der Waals surface area (Å²) >= 11 is 0. The van der Waals surface area contributed by atoms with Gasteiger partial charge in [-0.1, -0.05) is 0 Å². The molecular weight excluding hydrogens is 226 g/mol. The van der Waals surface area contributed by atoms with Crippen molar-refractivity contribution in [2.45, 2.75) is 0 Å². The highest BCUT2D eigenvalue weighted by atomic mass is 16.3. The second-order valence-electron chi connectivity index (χ2n) is 4.15. The molecule has 0 unspecified atom stereocenters. The lowest BCUT2D eigenvalue weighted by Gasteiger charge is -2.19. The van der Waals surface area contributed by atoms with Crippen LogP contribution in [0.2, 0.25) is 0 Å². The van der Waals surface area contributed by atoms with E-state index >= 15 is 0 Å². The smallest absolute Gasteiger partial charge is 0.181 e. The lowest BCUT2D eigenvalue weighted by atomic mass is 10.2. The monoisotopic (exact) mass is 239 g/mol. The molecule has 2 N–H and O–H groups in total. The quantitative estimate of drug-likeness (QED) is 0.698. The molecular formula is C14H13N3O. The van der Waals surface area contributed by atoms with Crippen LogP contribution in [0.4, 0.5) is 17.1 Å². The minimum absolute atomic E-state index is 0.762. The molecule has 18 heavy (non-hydrogen) atoms. The summed E-state index contributed by atoms with van der Waals surface area (Å²) in [6, 6.07) is 13.7. The number of anilines is 3. The molecule has 0 saturated carbocycles. The molecule has 3 rings (SSSR count). The van der Waals surface area contributed by atoms with Crippen molar-refractivity contribution < 1.29 is 4.42 Å². The normalized spacial score (nSPS) is 10.7. The molecule has 2 aromatic carbocycles. The van der Waals surface area contributed by atoms with E-state index in [2.05, 4.69) is 9.88 Å². The first kappa shape index (κ1) is 10.7. The predicted molar refractivity (Wildman–Crippen MR) is 72.9 cm³/mol. The molecule has 0 bridgehead atoms. The van der Waals surface area contributed by atoms with Crippen LogP contribution in [0.3, 0.4) is 0 Å². The van der Waals surface area contributed by atoms with Gasteiger partial charge >= 0.3 is 0 Å². The molecule has 0 aliphatic carbocycles. The van der Waals surface area contributed by atoms with Gasteiger partial charge in [-0.3, -0.25) is 0 Å². The Morgan fingerprint density at radius 1 is 1.06 bits per heavy atom.